The van der Waals surface area contributed by atoms with E-state index in [1.165, 1.54) is 12.1 Å². The van der Waals surface area contributed by atoms with E-state index in [0.717, 1.165) is 5.56 Å². The van der Waals surface area contributed by atoms with Crippen molar-refractivity contribution >= 4 is 23.2 Å². The number of aromatic hydroxyl groups is 1. The molecule has 0 bridgehead atoms. The lowest BCUT2D eigenvalue weighted by Crippen LogP contribution is -2.12. The zero-order valence-electron chi connectivity index (χ0n) is 9.77. The number of carbonyl (C=O) groups is 1. The van der Waals surface area contributed by atoms with Crippen LogP contribution in [-0.2, 0) is 0 Å². The van der Waals surface area contributed by atoms with Gasteiger partial charge < -0.3 is 10.4 Å². The summed E-state index contributed by atoms with van der Waals surface area (Å²) in [5, 5.41) is 12.7. The summed E-state index contributed by atoms with van der Waals surface area (Å²) in [5.41, 5.74) is 1.99. The molecule has 3 nitrogen and oxygen atoms in total. The molecule has 92 valence electrons. The molecular weight excluding hydrogens is 250 g/mol. The van der Waals surface area contributed by atoms with Crippen molar-refractivity contribution in [2.75, 3.05) is 5.32 Å². The van der Waals surface area contributed by atoms with Crippen molar-refractivity contribution in [2.45, 2.75) is 6.92 Å². The molecule has 0 radical (unpaired) electrons. The number of rotatable bonds is 2. The Morgan fingerprint density at radius 1 is 1.22 bits per heavy atom. The standard InChI is InChI=1S/C14H12ClNO2/c1-9-7-11(15)5-6-13(9)16-14(18)10-3-2-4-12(17)8-10/h2-8,17H,1H3,(H,16,18). The number of halogens is 1. The average Bonchev–Trinajstić information content (AvgIpc) is 2.32. The lowest BCUT2D eigenvalue weighted by Gasteiger charge is -2.08. The van der Waals surface area contributed by atoms with Gasteiger partial charge in [-0.2, -0.15) is 0 Å². The first-order valence-electron chi connectivity index (χ1n) is 5.43. The van der Waals surface area contributed by atoms with Crippen molar-refractivity contribution in [2.24, 2.45) is 0 Å². The van der Waals surface area contributed by atoms with Crippen LogP contribution in [-0.4, -0.2) is 11.0 Å². The molecule has 2 rings (SSSR count). The number of amides is 1. The van der Waals surface area contributed by atoms with Gasteiger partial charge in [0.05, 0.1) is 0 Å². The second kappa shape index (κ2) is 5.10. The van der Waals surface area contributed by atoms with Gasteiger partial charge in [-0.1, -0.05) is 17.7 Å². The summed E-state index contributed by atoms with van der Waals surface area (Å²) >= 11 is 5.85. The third-order valence-electron chi connectivity index (χ3n) is 2.54. The number of anilines is 1. The van der Waals surface area contributed by atoms with E-state index in [0.29, 0.717) is 16.3 Å². The molecule has 0 saturated heterocycles. The van der Waals surface area contributed by atoms with Gasteiger partial charge in [0.15, 0.2) is 0 Å². The minimum absolute atomic E-state index is 0.0653. The highest BCUT2D eigenvalue weighted by Gasteiger charge is 2.08. The Hall–Kier alpha value is -2.00. The predicted molar refractivity (Wildman–Crippen MR) is 72.2 cm³/mol. The minimum Gasteiger partial charge on any atom is -0.508 e. The number of carbonyl (C=O) groups excluding carboxylic acids is 1. The zero-order valence-corrected chi connectivity index (χ0v) is 10.5. The van der Waals surface area contributed by atoms with E-state index >= 15 is 0 Å². The van der Waals surface area contributed by atoms with E-state index in [9.17, 15) is 9.90 Å². The van der Waals surface area contributed by atoms with Crippen LogP contribution in [0, 0.1) is 6.92 Å². The van der Waals surface area contributed by atoms with E-state index < -0.39 is 0 Å². The van der Waals surface area contributed by atoms with Gasteiger partial charge in [-0.15, -0.1) is 0 Å². The van der Waals surface area contributed by atoms with Gasteiger partial charge in [-0.05, 0) is 48.9 Å². The lowest BCUT2D eigenvalue weighted by molar-refractivity contribution is 0.102. The van der Waals surface area contributed by atoms with Crippen molar-refractivity contribution in [1.29, 1.82) is 0 Å². The molecule has 18 heavy (non-hydrogen) atoms. The van der Waals surface area contributed by atoms with Crippen LogP contribution in [0.2, 0.25) is 5.02 Å². The summed E-state index contributed by atoms with van der Waals surface area (Å²) in [4.78, 5) is 11.9. The molecule has 2 aromatic rings. The number of nitrogens with one attached hydrogen (secondary N) is 1. The summed E-state index contributed by atoms with van der Waals surface area (Å²) in [6.07, 6.45) is 0. The van der Waals surface area contributed by atoms with Crippen LogP contribution in [0.15, 0.2) is 42.5 Å². The third kappa shape index (κ3) is 2.81. The van der Waals surface area contributed by atoms with Gasteiger partial charge in [0.1, 0.15) is 5.75 Å². The average molecular weight is 262 g/mol. The van der Waals surface area contributed by atoms with Crippen molar-refractivity contribution in [3.8, 4) is 5.75 Å². The maximum Gasteiger partial charge on any atom is 0.255 e. The van der Waals surface area contributed by atoms with E-state index in [2.05, 4.69) is 5.32 Å². The number of aryl methyl sites for hydroxylation is 1. The fraction of sp³-hybridized carbons (Fsp3) is 0.0714. The Balaban J connectivity index is 2.21. The normalized spacial score (nSPS) is 10.1. The van der Waals surface area contributed by atoms with Gasteiger partial charge in [-0.25, -0.2) is 0 Å². The Morgan fingerprint density at radius 2 is 2.00 bits per heavy atom. The number of benzene rings is 2. The Labute approximate surface area is 110 Å². The second-order valence-electron chi connectivity index (χ2n) is 3.96. The highest BCUT2D eigenvalue weighted by molar-refractivity contribution is 6.30. The minimum atomic E-state index is -0.267. The fourth-order valence-corrected chi connectivity index (χ4v) is 1.84. The van der Waals surface area contributed by atoms with Gasteiger partial charge in [0, 0.05) is 16.3 Å². The van der Waals surface area contributed by atoms with E-state index in [-0.39, 0.29) is 11.7 Å². The highest BCUT2D eigenvalue weighted by Crippen LogP contribution is 2.20. The lowest BCUT2D eigenvalue weighted by atomic mass is 10.1. The van der Waals surface area contributed by atoms with Crippen molar-refractivity contribution in [3.05, 3.63) is 58.6 Å². The fourth-order valence-electron chi connectivity index (χ4n) is 1.61. The maximum absolute atomic E-state index is 11.9. The molecule has 0 atom stereocenters. The molecule has 2 N–H and O–H groups in total. The number of hydrogen-bond donors (Lipinski definition) is 2. The van der Waals surface area contributed by atoms with Crippen LogP contribution >= 0.6 is 11.6 Å². The molecule has 0 fully saturated rings. The second-order valence-corrected chi connectivity index (χ2v) is 4.40. The van der Waals surface area contributed by atoms with Crippen LogP contribution < -0.4 is 5.32 Å². The summed E-state index contributed by atoms with van der Waals surface area (Å²) in [7, 11) is 0. The Kier molecular flexibility index (Phi) is 3.53. The number of hydrogen-bond acceptors (Lipinski definition) is 2. The largest absolute Gasteiger partial charge is 0.508 e. The quantitative estimate of drug-likeness (QED) is 0.868. The summed E-state index contributed by atoms with van der Waals surface area (Å²) < 4.78 is 0. The molecule has 0 saturated carbocycles. The molecule has 0 aliphatic heterocycles. The first-order chi connectivity index (χ1) is 8.56. The smallest absolute Gasteiger partial charge is 0.255 e. The Bertz CT molecular complexity index is 596. The molecule has 0 aromatic heterocycles. The van der Waals surface area contributed by atoms with Crippen molar-refractivity contribution in [3.63, 3.8) is 0 Å². The van der Waals surface area contributed by atoms with Gasteiger partial charge in [0.25, 0.3) is 5.91 Å². The Morgan fingerprint density at radius 3 is 2.67 bits per heavy atom. The van der Waals surface area contributed by atoms with Crippen LogP contribution in [0.1, 0.15) is 15.9 Å². The highest BCUT2D eigenvalue weighted by atomic mass is 35.5. The summed E-state index contributed by atoms with van der Waals surface area (Å²) in [6, 6.07) is 11.4. The van der Waals surface area contributed by atoms with Crippen LogP contribution in [0.25, 0.3) is 0 Å². The number of phenols is 1. The SMILES string of the molecule is Cc1cc(Cl)ccc1NC(=O)c1cccc(O)c1. The molecule has 4 heteroatoms. The third-order valence-corrected chi connectivity index (χ3v) is 2.78. The molecule has 0 aliphatic carbocycles. The first kappa shape index (κ1) is 12.5. The first-order valence-corrected chi connectivity index (χ1v) is 5.80. The number of phenolic OH excluding ortho intramolecular Hbond substituents is 1. The van der Waals surface area contributed by atoms with E-state index in [4.69, 9.17) is 11.6 Å². The van der Waals surface area contributed by atoms with E-state index in [1.807, 2.05) is 6.92 Å². The summed E-state index contributed by atoms with van der Waals surface area (Å²) in [5.74, 6) is -0.202. The molecule has 0 spiro atoms. The molecule has 2 aromatic carbocycles. The van der Waals surface area contributed by atoms with Crippen LogP contribution in [0.4, 0.5) is 5.69 Å². The van der Waals surface area contributed by atoms with Gasteiger partial charge in [-0.3, -0.25) is 4.79 Å². The topological polar surface area (TPSA) is 49.3 Å². The van der Waals surface area contributed by atoms with Crippen LogP contribution in [0.3, 0.4) is 0 Å². The van der Waals surface area contributed by atoms with Crippen molar-refractivity contribution < 1.29 is 9.90 Å². The molecular formula is C14H12ClNO2. The maximum atomic E-state index is 11.9. The molecule has 0 unspecified atom stereocenters. The monoisotopic (exact) mass is 261 g/mol. The molecule has 0 heterocycles. The van der Waals surface area contributed by atoms with Crippen molar-refractivity contribution in [1.82, 2.24) is 0 Å². The molecule has 0 aliphatic rings. The predicted octanol–water partition coefficient (Wildman–Crippen LogP) is 3.61. The van der Waals surface area contributed by atoms with Gasteiger partial charge >= 0.3 is 0 Å². The molecule has 1 amide bonds. The van der Waals surface area contributed by atoms with Crippen LogP contribution in [0.5, 0.6) is 5.75 Å². The van der Waals surface area contributed by atoms with E-state index in [1.54, 1.807) is 30.3 Å². The summed E-state index contributed by atoms with van der Waals surface area (Å²) in [6.45, 7) is 1.87. The van der Waals surface area contributed by atoms with Gasteiger partial charge in [0.2, 0.25) is 0 Å². The zero-order chi connectivity index (χ0) is 13.1.